The second-order valence-electron chi connectivity index (χ2n) is 7.30. The summed E-state index contributed by atoms with van der Waals surface area (Å²) in [5, 5.41) is 3.83. The van der Waals surface area contributed by atoms with E-state index >= 15 is 0 Å². The standard InChI is InChI=1S/C17H32N2O/c1-14-10-18-17(16-7-3-2-4-8-16)12-19(14)11-15-6-5-9-20-13-15/h14-18H,2-13H2,1H3. The molecule has 0 amide bonds. The first kappa shape index (κ1) is 14.8. The van der Waals surface area contributed by atoms with E-state index in [1.54, 1.807) is 0 Å². The first-order valence-corrected chi connectivity index (χ1v) is 8.88. The van der Waals surface area contributed by atoms with Crippen LogP contribution in [0, 0.1) is 11.8 Å². The maximum Gasteiger partial charge on any atom is 0.0506 e. The van der Waals surface area contributed by atoms with Crippen molar-refractivity contribution in [3.63, 3.8) is 0 Å². The first-order chi connectivity index (χ1) is 9.83. The highest BCUT2D eigenvalue weighted by Gasteiger charge is 2.32. The minimum Gasteiger partial charge on any atom is -0.381 e. The van der Waals surface area contributed by atoms with Crippen LogP contribution in [0.2, 0.25) is 0 Å². The molecule has 2 heterocycles. The van der Waals surface area contributed by atoms with Gasteiger partial charge < -0.3 is 10.1 Å². The molecule has 2 saturated heterocycles. The van der Waals surface area contributed by atoms with Crippen molar-refractivity contribution in [1.29, 1.82) is 0 Å². The average Bonchev–Trinajstić information content (AvgIpc) is 2.51. The van der Waals surface area contributed by atoms with Crippen LogP contribution in [-0.2, 0) is 4.74 Å². The fraction of sp³-hybridized carbons (Fsp3) is 1.00. The fourth-order valence-electron chi connectivity index (χ4n) is 4.34. The summed E-state index contributed by atoms with van der Waals surface area (Å²) in [6, 6.07) is 1.44. The molecule has 1 aliphatic carbocycles. The molecule has 0 radical (unpaired) electrons. The third-order valence-electron chi connectivity index (χ3n) is 5.70. The quantitative estimate of drug-likeness (QED) is 0.860. The third kappa shape index (κ3) is 3.75. The summed E-state index contributed by atoms with van der Waals surface area (Å²) in [7, 11) is 0. The number of hydrogen-bond acceptors (Lipinski definition) is 3. The Bertz CT molecular complexity index is 285. The molecule has 0 aromatic heterocycles. The lowest BCUT2D eigenvalue weighted by Gasteiger charge is -2.44. The molecule has 3 heteroatoms. The van der Waals surface area contributed by atoms with E-state index in [1.165, 1.54) is 64.6 Å². The molecule has 0 spiro atoms. The lowest BCUT2D eigenvalue weighted by Crippen LogP contribution is -2.59. The van der Waals surface area contributed by atoms with E-state index in [0.29, 0.717) is 6.04 Å². The van der Waals surface area contributed by atoms with Crippen LogP contribution in [0.4, 0.5) is 0 Å². The van der Waals surface area contributed by atoms with E-state index in [2.05, 4.69) is 17.1 Å². The zero-order valence-corrected chi connectivity index (χ0v) is 13.2. The van der Waals surface area contributed by atoms with Crippen molar-refractivity contribution in [2.75, 3.05) is 32.8 Å². The van der Waals surface area contributed by atoms with Crippen molar-refractivity contribution in [2.24, 2.45) is 11.8 Å². The second kappa shape index (κ2) is 7.24. The van der Waals surface area contributed by atoms with Gasteiger partial charge in [-0.2, -0.15) is 0 Å². The van der Waals surface area contributed by atoms with Crippen molar-refractivity contribution in [3.05, 3.63) is 0 Å². The van der Waals surface area contributed by atoms with E-state index < -0.39 is 0 Å². The van der Waals surface area contributed by atoms with E-state index in [9.17, 15) is 0 Å². The Labute approximate surface area is 124 Å². The molecule has 0 aromatic rings. The third-order valence-corrected chi connectivity index (χ3v) is 5.70. The Morgan fingerprint density at radius 3 is 2.70 bits per heavy atom. The number of hydrogen-bond donors (Lipinski definition) is 1. The van der Waals surface area contributed by atoms with Crippen LogP contribution in [0.1, 0.15) is 51.9 Å². The van der Waals surface area contributed by atoms with Crippen LogP contribution in [0.5, 0.6) is 0 Å². The van der Waals surface area contributed by atoms with Gasteiger partial charge in [-0.15, -0.1) is 0 Å². The van der Waals surface area contributed by atoms with Crippen LogP contribution in [0.25, 0.3) is 0 Å². The summed E-state index contributed by atoms with van der Waals surface area (Å²) < 4.78 is 5.66. The van der Waals surface area contributed by atoms with Gasteiger partial charge in [0.05, 0.1) is 6.61 Å². The molecular weight excluding hydrogens is 248 g/mol. The van der Waals surface area contributed by atoms with Gasteiger partial charge in [0.25, 0.3) is 0 Å². The predicted octanol–water partition coefficient (Wildman–Crippen LogP) is 2.66. The molecule has 1 N–H and O–H groups in total. The Kier molecular flexibility index (Phi) is 5.36. The predicted molar refractivity (Wildman–Crippen MR) is 82.9 cm³/mol. The monoisotopic (exact) mass is 280 g/mol. The van der Waals surface area contributed by atoms with Gasteiger partial charge in [0, 0.05) is 38.3 Å². The molecule has 1 saturated carbocycles. The summed E-state index contributed by atoms with van der Waals surface area (Å²) >= 11 is 0. The summed E-state index contributed by atoms with van der Waals surface area (Å²) in [5.74, 6) is 1.71. The number of nitrogens with one attached hydrogen (secondary N) is 1. The van der Waals surface area contributed by atoms with E-state index in [4.69, 9.17) is 4.74 Å². The van der Waals surface area contributed by atoms with Crippen molar-refractivity contribution in [3.8, 4) is 0 Å². The first-order valence-electron chi connectivity index (χ1n) is 8.88. The minimum absolute atomic E-state index is 0.691. The number of ether oxygens (including phenoxy) is 1. The lowest BCUT2D eigenvalue weighted by molar-refractivity contribution is 0.0190. The normalized spacial score (nSPS) is 38.0. The highest BCUT2D eigenvalue weighted by Crippen LogP contribution is 2.29. The van der Waals surface area contributed by atoms with E-state index in [1.807, 2.05) is 0 Å². The van der Waals surface area contributed by atoms with Gasteiger partial charge in [-0.25, -0.2) is 0 Å². The molecule has 116 valence electrons. The molecule has 3 aliphatic rings. The average molecular weight is 280 g/mol. The molecule has 3 unspecified atom stereocenters. The molecule has 2 aliphatic heterocycles. The maximum absolute atomic E-state index is 5.66. The van der Waals surface area contributed by atoms with Crippen molar-refractivity contribution in [1.82, 2.24) is 10.2 Å². The lowest BCUT2D eigenvalue weighted by atomic mass is 9.82. The van der Waals surface area contributed by atoms with Crippen LogP contribution in [0.15, 0.2) is 0 Å². The summed E-state index contributed by atoms with van der Waals surface area (Å²) in [6.45, 7) is 8.06. The number of piperazine rings is 1. The van der Waals surface area contributed by atoms with E-state index in [0.717, 1.165) is 31.1 Å². The van der Waals surface area contributed by atoms with E-state index in [-0.39, 0.29) is 0 Å². The zero-order valence-electron chi connectivity index (χ0n) is 13.2. The Morgan fingerprint density at radius 1 is 1.10 bits per heavy atom. The summed E-state index contributed by atoms with van der Waals surface area (Å²) in [4.78, 5) is 2.75. The Balaban J connectivity index is 1.52. The Morgan fingerprint density at radius 2 is 1.95 bits per heavy atom. The van der Waals surface area contributed by atoms with Crippen LogP contribution in [0.3, 0.4) is 0 Å². The topological polar surface area (TPSA) is 24.5 Å². The van der Waals surface area contributed by atoms with Gasteiger partial charge in [0.2, 0.25) is 0 Å². The van der Waals surface area contributed by atoms with Crippen molar-refractivity contribution >= 4 is 0 Å². The highest BCUT2D eigenvalue weighted by molar-refractivity contribution is 4.90. The molecular formula is C17H32N2O. The van der Waals surface area contributed by atoms with Crippen molar-refractivity contribution < 1.29 is 4.74 Å². The van der Waals surface area contributed by atoms with Crippen LogP contribution < -0.4 is 5.32 Å². The summed E-state index contributed by atoms with van der Waals surface area (Å²) in [6.07, 6.45) is 9.90. The van der Waals surface area contributed by atoms with Crippen LogP contribution >= 0.6 is 0 Å². The van der Waals surface area contributed by atoms with Crippen LogP contribution in [-0.4, -0.2) is 49.8 Å². The highest BCUT2D eigenvalue weighted by atomic mass is 16.5. The van der Waals surface area contributed by atoms with Crippen molar-refractivity contribution in [2.45, 2.75) is 64.0 Å². The molecule has 3 rings (SSSR count). The van der Waals surface area contributed by atoms with Gasteiger partial charge >= 0.3 is 0 Å². The minimum atomic E-state index is 0.691. The fourth-order valence-corrected chi connectivity index (χ4v) is 4.34. The maximum atomic E-state index is 5.66. The molecule has 0 bridgehead atoms. The molecule has 3 nitrogen and oxygen atoms in total. The second-order valence-corrected chi connectivity index (χ2v) is 7.30. The number of nitrogens with zero attached hydrogens (tertiary/aromatic N) is 1. The largest absolute Gasteiger partial charge is 0.381 e. The summed E-state index contributed by atoms with van der Waals surface area (Å²) in [5.41, 5.74) is 0. The molecule has 20 heavy (non-hydrogen) atoms. The van der Waals surface area contributed by atoms with Gasteiger partial charge in [0.15, 0.2) is 0 Å². The SMILES string of the molecule is CC1CNC(C2CCCCC2)CN1CC1CCCOC1. The van der Waals surface area contributed by atoms with Gasteiger partial charge in [-0.05, 0) is 44.4 Å². The van der Waals surface area contributed by atoms with Gasteiger partial charge in [-0.1, -0.05) is 19.3 Å². The van der Waals surface area contributed by atoms with Gasteiger partial charge in [-0.3, -0.25) is 4.90 Å². The smallest absolute Gasteiger partial charge is 0.0506 e. The Hall–Kier alpha value is -0.120. The zero-order chi connectivity index (χ0) is 13.8. The molecule has 0 aromatic carbocycles. The molecule has 3 atom stereocenters. The molecule has 3 fully saturated rings. The van der Waals surface area contributed by atoms with Gasteiger partial charge in [0.1, 0.15) is 0 Å². The number of rotatable bonds is 3.